The number of rotatable bonds is 6. The molecule has 0 unspecified atom stereocenters. The maximum atomic E-state index is 13.9. The number of nitrogens with one attached hydrogen (secondary N) is 2. The Morgan fingerprint density at radius 2 is 1.83 bits per heavy atom. The van der Waals surface area contributed by atoms with Gasteiger partial charge in [-0.3, -0.25) is 0 Å². The van der Waals surface area contributed by atoms with Gasteiger partial charge in [-0.25, -0.2) is 8.78 Å². The lowest BCUT2D eigenvalue weighted by Crippen LogP contribution is -2.04. The van der Waals surface area contributed by atoms with E-state index >= 15 is 0 Å². The number of benzene rings is 2. The normalized spacial score (nSPS) is 13.9. The molecule has 2 N–H and O–H groups in total. The minimum absolute atomic E-state index is 0.249. The molecule has 2 nitrogen and oxygen atoms in total. The molecule has 0 bridgehead atoms. The van der Waals surface area contributed by atoms with Crippen molar-refractivity contribution in [2.24, 2.45) is 5.92 Å². The zero-order valence-electron chi connectivity index (χ0n) is 13.2. The lowest BCUT2D eigenvalue weighted by Gasteiger charge is -2.11. The minimum Gasteiger partial charge on any atom is -0.357 e. The van der Waals surface area contributed by atoms with Gasteiger partial charge in [0.1, 0.15) is 11.6 Å². The fraction of sp³-hybridized carbons (Fsp3) is 0.150. The number of hydrogen-bond acceptors (Lipinski definition) is 2. The highest BCUT2D eigenvalue weighted by Gasteiger charge is 2.25. The Labute approximate surface area is 140 Å². The van der Waals surface area contributed by atoms with E-state index in [9.17, 15) is 8.78 Å². The molecule has 1 saturated carbocycles. The summed E-state index contributed by atoms with van der Waals surface area (Å²) in [6.07, 6.45) is 5.51. The molecule has 2 aromatic rings. The number of hydrogen-bond donors (Lipinski definition) is 2. The van der Waals surface area contributed by atoms with E-state index in [1.54, 1.807) is 36.4 Å². The van der Waals surface area contributed by atoms with Gasteiger partial charge in [0, 0.05) is 11.3 Å². The number of halogens is 2. The summed E-state index contributed by atoms with van der Waals surface area (Å²) in [5.74, 6) is -0.242. The first-order valence-corrected chi connectivity index (χ1v) is 7.81. The fourth-order valence-electron chi connectivity index (χ4n) is 2.35. The Bertz CT molecular complexity index is 803. The molecule has 24 heavy (non-hydrogen) atoms. The van der Waals surface area contributed by atoms with Gasteiger partial charge in [0.25, 0.3) is 0 Å². The topological polar surface area (TPSA) is 35.9 Å². The molecule has 0 aromatic heterocycles. The van der Waals surface area contributed by atoms with Crippen LogP contribution in [0, 0.1) is 23.0 Å². The largest absolute Gasteiger partial charge is 0.357 e. The summed E-state index contributed by atoms with van der Waals surface area (Å²) in [7, 11) is 0. The molecule has 0 spiro atoms. The van der Waals surface area contributed by atoms with Gasteiger partial charge in [-0.2, -0.15) is 0 Å². The van der Waals surface area contributed by atoms with Gasteiger partial charge < -0.3 is 10.7 Å². The second-order valence-corrected chi connectivity index (χ2v) is 5.92. The van der Waals surface area contributed by atoms with Crippen LogP contribution < -0.4 is 5.32 Å². The van der Waals surface area contributed by atoms with Crippen LogP contribution in [0.2, 0.25) is 0 Å². The van der Waals surface area contributed by atoms with E-state index in [2.05, 4.69) is 11.9 Å². The van der Waals surface area contributed by atoms with Gasteiger partial charge in [0.2, 0.25) is 0 Å². The average molecular weight is 324 g/mol. The van der Waals surface area contributed by atoms with Crippen LogP contribution in [0.4, 0.5) is 14.5 Å². The highest BCUT2D eigenvalue weighted by Crippen LogP contribution is 2.36. The molecule has 4 heteroatoms. The average Bonchev–Trinajstić information content (AvgIpc) is 3.41. The molecule has 1 aliphatic rings. The molecular weight excluding hydrogens is 306 g/mol. The molecule has 0 heterocycles. The lowest BCUT2D eigenvalue weighted by atomic mass is 10.1. The molecule has 0 amide bonds. The van der Waals surface area contributed by atoms with Gasteiger partial charge >= 0.3 is 0 Å². The van der Waals surface area contributed by atoms with E-state index < -0.39 is 0 Å². The molecule has 1 fully saturated rings. The van der Waals surface area contributed by atoms with Crippen LogP contribution in [0.3, 0.4) is 0 Å². The van der Waals surface area contributed by atoms with Crippen molar-refractivity contribution in [3.8, 4) is 0 Å². The fourth-order valence-corrected chi connectivity index (χ4v) is 2.35. The van der Waals surface area contributed by atoms with Gasteiger partial charge in [-0.1, -0.05) is 24.8 Å². The highest BCUT2D eigenvalue weighted by molar-refractivity contribution is 6.09. The highest BCUT2D eigenvalue weighted by atomic mass is 19.1. The van der Waals surface area contributed by atoms with Crippen LogP contribution in [-0.2, 0) is 0 Å². The first-order chi connectivity index (χ1) is 11.5. The first kappa shape index (κ1) is 16.1. The molecule has 0 aliphatic heterocycles. The van der Waals surface area contributed by atoms with Crippen LogP contribution in [-0.4, -0.2) is 5.71 Å². The quantitative estimate of drug-likeness (QED) is 0.687. The first-order valence-electron chi connectivity index (χ1n) is 7.81. The van der Waals surface area contributed by atoms with Crippen LogP contribution in [0.5, 0.6) is 0 Å². The molecule has 2 aromatic carbocycles. The van der Waals surface area contributed by atoms with Crippen molar-refractivity contribution >= 4 is 17.5 Å². The van der Waals surface area contributed by atoms with E-state index in [1.165, 1.54) is 18.2 Å². The van der Waals surface area contributed by atoms with Crippen molar-refractivity contribution in [3.63, 3.8) is 0 Å². The van der Waals surface area contributed by atoms with Crippen LogP contribution in [0.25, 0.3) is 6.08 Å². The Kier molecular flexibility index (Phi) is 4.56. The van der Waals surface area contributed by atoms with E-state index in [0.717, 1.165) is 24.1 Å². The van der Waals surface area contributed by atoms with E-state index in [4.69, 9.17) is 5.41 Å². The molecule has 0 radical (unpaired) electrons. The summed E-state index contributed by atoms with van der Waals surface area (Å²) in [6, 6.07) is 10.5. The smallest absolute Gasteiger partial charge is 0.146 e. The molecular formula is C20H18F2N2. The van der Waals surface area contributed by atoms with Crippen LogP contribution >= 0.6 is 0 Å². The molecule has 3 rings (SSSR count). The zero-order chi connectivity index (χ0) is 17.1. The van der Waals surface area contributed by atoms with Gasteiger partial charge in [-0.05, 0) is 60.7 Å². The van der Waals surface area contributed by atoms with Gasteiger partial charge in [-0.15, -0.1) is 0 Å². The second kappa shape index (κ2) is 6.79. The second-order valence-electron chi connectivity index (χ2n) is 5.92. The van der Waals surface area contributed by atoms with Gasteiger partial charge in [0.05, 0.1) is 11.4 Å². The van der Waals surface area contributed by atoms with Crippen molar-refractivity contribution in [2.45, 2.75) is 12.8 Å². The van der Waals surface area contributed by atoms with Crippen molar-refractivity contribution in [3.05, 3.63) is 83.6 Å². The van der Waals surface area contributed by atoms with E-state index in [1.807, 2.05) is 0 Å². The van der Waals surface area contributed by atoms with Crippen molar-refractivity contribution in [1.29, 1.82) is 5.41 Å². The third kappa shape index (κ3) is 3.96. The SMILES string of the molecule is C=C(Nc1cc(C(=N)/C=C/c2ccc(F)cc2)ccc1F)C1CC1. The lowest BCUT2D eigenvalue weighted by molar-refractivity contribution is 0.627. The Hall–Kier alpha value is -2.75. The third-order valence-corrected chi connectivity index (χ3v) is 3.96. The number of allylic oxidation sites excluding steroid dienone is 2. The predicted molar refractivity (Wildman–Crippen MR) is 94.1 cm³/mol. The molecule has 0 saturated heterocycles. The Morgan fingerprint density at radius 3 is 2.50 bits per heavy atom. The van der Waals surface area contributed by atoms with Crippen LogP contribution in [0.1, 0.15) is 24.0 Å². The van der Waals surface area contributed by atoms with Crippen LogP contribution in [0.15, 0.2) is 60.8 Å². The maximum Gasteiger partial charge on any atom is 0.146 e. The minimum atomic E-state index is -0.365. The summed E-state index contributed by atoms with van der Waals surface area (Å²) in [4.78, 5) is 0. The maximum absolute atomic E-state index is 13.9. The number of anilines is 1. The summed E-state index contributed by atoms with van der Waals surface area (Å²) in [5, 5.41) is 11.1. The molecule has 122 valence electrons. The monoisotopic (exact) mass is 324 g/mol. The summed E-state index contributed by atoms with van der Waals surface area (Å²) in [6.45, 7) is 3.93. The van der Waals surface area contributed by atoms with Crippen molar-refractivity contribution in [2.75, 3.05) is 5.32 Å². The molecule has 0 atom stereocenters. The van der Waals surface area contributed by atoms with Crippen molar-refractivity contribution in [1.82, 2.24) is 0 Å². The van der Waals surface area contributed by atoms with E-state index in [-0.39, 0.29) is 17.3 Å². The summed E-state index contributed by atoms with van der Waals surface area (Å²) < 4.78 is 26.8. The van der Waals surface area contributed by atoms with Crippen molar-refractivity contribution < 1.29 is 8.78 Å². The Balaban J connectivity index is 1.74. The van der Waals surface area contributed by atoms with E-state index in [0.29, 0.717) is 17.2 Å². The molecule has 1 aliphatic carbocycles. The van der Waals surface area contributed by atoms with Gasteiger partial charge in [0.15, 0.2) is 0 Å². The zero-order valence-corrected chi connectivity index (χ0v) is 13.2. The summed E-state index contributed by atoms with van der Waals surface area (Å²) >= 11 is 0. The Morgan fingerprint density at radius 1 is 1.12 bits per heavy atom. The summed E-state index contributed by atoms with van der Waals surface area (Å²) in [5.41, 5.74) is 2.80. The standard InChI is InChI=1S/C20H18F2N2/c1-13(15-5-6-15)24-20-12-16(7-10-18(20)22)19(23)11-4-14-2-8-17(21)9-3-14/h2-4,7-12,15,23-24H,1,5-6H2/b11-4+,23-19?. The predicted octanol–water partition coefficient (Wildman–Crippen LogP) is 5.38. The third-order valence-electron chi connectivity index (χ3n) is 3.96.